The fourth-order valence-corrected chi connectivity index (χ4v) is 2.12. The van der Waals surface area contributed by atoms with Gasteiger partial charge in [-0.1, -0.05) is 19.8 Å². The van der Waals surface area contributed by atoms with E-state index in [1.54, 1.807) is 0 Å². The van der Waals surface area contributed by atoms with Gasteiger partial charge in [0.2, 0.25) is 0 Å². The van der Waals surface area contributed by atoms with Gasteiger partial charge in [0.15, 0.2) is 0 Å². The average molecular weight is 243 g/mol. The van der Waals surface area contributed by atoms with E-state index in [4.69, 9.17) is 9.84 Å². The molecule has 1 aliphatic rings. The quantitative estimate of drug-likeness (QED) is 0.602. The van der Waals surface area contributed by atoms with Gasteiger partial charge in [-0.25, -0.2) is 0 Å². The third kappa shape index (κ3) is 4.64. The molecule has 0 aromatic heterocycles. The highest BCUT2D eigenvalue weighted by molar-refractivity contribution is 5.75. The molecule has 0 bridgehead atoms. The lowest BCUT2D eigenvalue weighted by Gasteiger charge is -2.20. The van der Waals surface area contributed by atoms with Crippen LogP contribution < -0.4 is 5.32 Å². The molecule has 4 nitrogen and oxygen atoms in total. The number of ether oxygens (including phenoxy) is 1. The van der Waals surface area contributed by atoms with Crippen LogP contribution in [0.15, 0.2) is 0 Å². The summed E-state index contributed by atoms with van der Waals surface area (Å²) >= 11 is 0. The monoisotopic (exact) mass is 243 g/mol. The van der Waals surface area contributed by atoms with Crippen molar-refractivity contribution in [1.82, 2.24) is 5.32 Å². The van der Waals surface area contributed by atoms with Crippen LogP contribution in [0.25, 0.3) is 0 Å². The standard InChI is InChI=1S/C13H25NO3/c1-3-4-5-11(12(16)17-2)14-10-13(6-7-13)8-9-15/h11,14-15H,3-10H2,1-2H3. The summed E-state index contributed by atoms with van der Waals surface area (Å²) in [5, 5.41) is 12.3. The molecule has 1 atom stereocenters. The van der Waals surface area contributed by atoms with Gasteiger partial charge >= 0.3 is 5.97 Å². The predicted molar refractivity (Wildman–Crippen MR) is 66.7 cm³/mol. The number of methoxy groups -OCH3 is 1. The van der Waals surface area contributed by atoms with Gasteiger partial charge in [0.05, 0.1) is 7.11 Å². The third-order valence-corrected chi connectivity index (χ3v) is 3.65. The second-order valence-corrected chi connectivity index (χ2v) is 5.07. The van der Waals surface area contributed by atoms with Crippen LogP contribution in [-0.2, 0) is 9.53 Å². The first kappa shape index (κ1) is 14.5. The van der Waals surface area contributed by atoms with E-state index in [1.807, 2.05) is 0 Å². The van der Waals surface area contributed by atoms with Gasteiger partial charge in [0.1, 0.15) is 6.04 Å². The van der Waals surface area contributed by atoms with Crippen LogP contribution in [0, 0.1) is 5.41 Å². The Morgan fingerprint density at radius 1 is 1.53 bits per heavy atom. The molecule has 1 fully saturated rings. The Hall–Kier alpha value is -0.610. The highest BCUT2D eigenvalue weighted by Gasteiger charge is 2.42. The first-order chi connectivity index (χ1) is 8.17. The zero-order valence-electron chi connectivity index (χ0n) is 11.0. The van der Waals surface area contributed by atoms with Crippen molar-refractivity contribution in [3.05, 3.63) is 0 Å². The van der Waals surface area contributed by atoms with E-state index in [0.29, 0.717) is 0 Å². The number of nitrogens with one attached hydrogen (secondary N) is 1. The summed E-state index contributed by atoms with van der Waals surface area (Å²) in [5.41, 5.74) is 0.243. The van der Waals surface area contributed by atoms with Crippen LogP contribution in [0.2, 0.25) is 0 Å². The minimum Gasteiger partial charge on any atom is -0.468 e. The molecule has 17 heavy (non-hydrogen) atoms. The molecule has 0 radical (unpaired) electrons. The molecule has 0 spiro atoms. The molecule has 0 saturated heterocycles. The number of rotatable bonds is 9. The topological polar surface area (TPSA) is 58.6 Å². The number of esters is 1. The predicted octanol–water partition coefficient (Wildman–Crippen LogP) is 1.47. The molecule has 0 aromatic carbocycles. The first-order valence-corrected chi connectivity index (χ1v) is 6.59. The number of hydrogen-bond donors (Lipinski definition) is 2. The number of aliphatic hydroxyl groups is 1. The zero-order chi connectivity index (χ0) is 12.7. The molecular formula is C13H25NO3. The van der Waals surface area contributed by atoms with Gasteiger partial charge in [0, 0.05) is 13.2 Å². The Bertz CT molecular complexity index is 239. The van der Waals surface area contributed by atoms with E-state index in [1.165, 1.54) is 7.11 Å². The summed E-state index contributed by atoms with van der Waals surface area (Å²) in [6.45, 7) is 3.17. The molecule has 1 aliphatic carbocycles. The molecule has 1 saturated carbocycles. The van der Waals surface area contributed by atoms with E-state index < -0.39 is 0 Å². The van der Waals surface area contributed by atoms with Crippen LogP contribution in [0.3, 0.4) is 0 Å². The molecule has 100 valence electrons. The SMILES string of the molecule is CCCCC(NCC1(CCO)CC1)C(=O)OC. The second kappa shape index (κ2) is 6.97. The second-order valence-electron chi connectivity index (χ2n) is 5.07. The summed E-state index contributed by atoms with van der Waals surface area (Å²) in [5.74, 6) is -0.168. The van der Waals surface area contributed by atoms with E-state index in [2.05, 4.69) is 12.2 Å². The van der Waals surface area contributed by atoms with Crippen LogP contribution in [-0.4, -0.2) is 37.4 Å². The van der Waals surface area contributed by atoms with Crippen LogP contribution in [0.1, 0.15) is 45.4 Å². The zero-order valence-corrected chi connectivity index (χ0v) is 11.0. The maximum atomic E-state index is 11.6. The van der Waals surface area contributed by atoms with Gasteiger partial charge < -0.3 is 15.2 Å². The van der Waals surface area contributed by atoms with Crippen molar-refractivity contribution in [2.24, 2.45) is 5.41 Å². The van der Waals surface area contributed by atoms with Crippen molar-refractivity contribution in [3.63, 3.8) is 0 Å². The van der Waals surface area contributed by atoms with Crippen molar-refractivity contribution < 1.29 is 14.6 Å². The Morgan fingerprint density at radius 3 is 2.71 bits per heavy atom. The lowest BCUT2D eigenvalue weighted by atomic mass is 10.0. The Labute approximate surface area is 104 Å². The van der Waals surface area contributed by atoms with Gasteiger partial charge in [-0.05, 0) is 31.1 Å². The number of unbranched alkanes of at least 4 members (excludes halogenated alkanes) is 1. The molecule has 2 N–H and O–H groups in total. The van der Waals surface area contributed by atoms with E-state index in [-0.39, 0.29) is 24.0 Å². The van der Waals surface area contributed by atoms with Crippen molar-refractivity contribution in [3.8, 4) is 0 Å². The molecular weight excluding hydrogens is 218 g/mol. The van der Waals surface area contributed by atoms with Crippen LogP contribution in [0.5, 0.6) is 0 Å². The Balaban J connectivity index is 2.35. The summed E-state index contributed by atoms with van der Waals surface area (Å²) in [7, 11) is 1.43. The van der Waals surface area contributed by atoms with E-state index in [9.17, 15) is 4.79 Å². The highest BCUT2D eigenvalue weighted by Crippen LogP contribution is 2.48. The summed E-state index contributed by atoms with van der Waals surface area (Å²) < 4.78 is 4.80. The van der Waals surface area contributed by atoms with Crippen molar-refractivity contribution in [2.75, 3.05) is 20.3 Å². The van der Waals surface area contributed by atoms with Crippen LogP contribution in [0.4, 0.5) is 0 Å². The maximum Gasteiger partial charge on any atom is 0.322 e. The van der Waals surface area contributed by atoms with Gasteiger partial charge in [-0.3, -0.25) is 4.79 Å². The lowest BCUT2D eigenvalue weighted by molar-refractivity contribution is -0.143. The molecule has 0 heterocycles. The van der Waals surface area contributed by atoms with Crippen molar-refractivity contribution in [1.29, 1.82) is 0 Å². The molecule has 0 aromatic rings. The smallest absolute Gasteiger partial charge is 0.322 e. The van der Waals surface area contributed by atoms with E-state index >= 15 is 0 Å². The summed E-state index contributed by atoms with van der Waals surface area (Å²) in [6.07, 6.45) is 6.08. The minimum atomic E-state index is -0.184. The van der Waals surface area contributed by atoms with E-state index in [0.717, 1.165) is 45.1 Å². The van der Waals surface area contributed by atoms with Crippen LogP contribution >= 0.6 is 0 Å². The number of hydrogen-bond acceptors (Lipinski definition) is 4. The summed E-state index contributed by atoms with van der Waals surface area (Å²) in [6, 6.07) is -0.184. The lowest BCUT2D eigenvalue weighted by Crippen LogP contribution is -2.41. The summed E-state index contributed by atoms with van der Waals surface area (Å²) in [4.78, 5) is 11.6. The maximum absolute atomic E-state index is 11.6. The van der Waals surface area contributed by atoms with Gasteiger partial charge in [-0.15, -0.1) is 0 Å². The van der Waals surface area contributed by atoms with Crippen molar-refractivity contribution >= 4 is 5.97 Å². The number of carbonyl (C=O) groups is 1. The largest absolute Gasteiger partial charge is 0.468 e. The van der Waals surface area contributed by atoms with Gasteiger partial charge in [0.25, 0.3) is 0 Å². The molecule has 4 heteroatoms. The first-order valence-electron chi connectivity index (χ1n) is 6.59. The molecule has 0 aliphatic heterocycles. The third-order valence-electron chi connectivity index (χ3n) is 3.65. The molecule has 1 unspecified atom stereocenters. The van der Waals surface area contributed by atoms with Gasteiger partial charge in [-0.2, -0.15) is 0 Å². The Morgan fingerprint density at radius 2 is 2.24 bits per heavy atom. The normalized spacial score (nSPS) is 18.8. The van der Waals surface area contributed by atoms with Crippen molar-refractivity contribution in [2.45, 2.75) is 51.5 Å². The Kier molecular flexibility index (Phi) is 5.92. The number of carbonyl (C=O) groups excluding carboxylic acids is 1. The average Bonchev–Trinajstić information content (AvgIpc) is 3.09. The fourth-order valence-electron chi connectivity index (χ4n) is 2.12. The number of aliphatic hydroxyl groups excluding tert-OH is 1. The molecule has 0 amide bonds. The minimum absolute atomic E-state index is 0.168. The fraction of sp³-hybridized carbons (Fsp3) is 0.923. The molecule has 1 rings (SSSR count). The highest BCUT2D eigenvalue weighted by atomic mass is 16.5.